The molecule has 6 nitrogen and oxygen atoms in total. The summed E-state index contributed by atoms with van der Waals surface area (Å²) in [5.74, 6) is 0.280. The number of ketones is 1. The Balaban J connectivity index is 1.31. The summed E-state index contributed by atoms with van der Waals surface area (Å²) in [5.41, 5.74) is 5.07. The van der Waals surface area contributed by atoms with Gasteiger partial charge >= 0.3 is 0 Å². The van der Waals surface area contributed by atoms with Crippen molar-refractivity contribution >= 4 is 33.7 Å². The molecule has 3 aliphatic rings. The third-order valence-electron chi connectivity index (χ3n) is 8.43. The van der Waals surface area contributed by atoms with Crippen LogP contribution >= 0.6 is 0 Å². The zero-order valence-corrected chi connectivity index (χ0v) is 20.7. The Morgan fingerprint density at radius 2 is 1.70 bits per heavy atom. The summed E-state index contributed by atoms with van der Waals surface area (Å²) >= 11 is 0. The molecule has 0 radical (unpaired) electrons. The first kappa shape index (κ1) is 22.5. The highest BCUT2D eigenvalue weighted by molar-refractivity contribution is 6.28. The van der Waals surface area contributed by atoms with E-state index in [-0.39, 0.29) is 11.6 Å². The maximum atomic E-state index is 13.8. The van der Waals surface area contributed by atoms with Crippen LogP contribution in [0.3, 0.4) is 0 Å². The molecule has 2 N–H and O–H groups in total. The second-order valence-corrected chi connectivity index (χ2v) is 10.5. The number of quaternary nitrogens is 1. The predicted molar refractivity (Wildman–Crippen MR) is 142 cm³/mol. The van der Waals surface area contributed by atoms with Crippen molar-refractivity contribution in [3.05, 3.63) is 71.5 Å². The van der Waals surface area contributed by atoms with Crippen molar-refractivity contribution in [2.24, 2.45) is 0 Å². The van der Waals surface area contributed by atoms with Crippen molar-refractivity contribution in [1.29, 1.82) is 0 Å². The maximum Gasteiger partial charge on any atom is 0.196 e. The molecule has 2 fully saturated rings. The molecule has 1 saturated heterocycles. The van der Waals surface area contributed by atoms with E-state index in [9.17, 15) is 9.18 Å². The van der Waals surface area contributed by atoms with Crippen LogP contribution in [0.2, 0.25) is 0 Å². The molecule has 0 spiro atoms. The lowest BCUT2D eigenvalue weighted by atomic mass is 9.86. The normalized spacial score (nSPS) is 18.3. The summed E-state index contributed by atoms with van der Waals surface area (Å²) < 4.78 is 19.5. The number of nitrogens with zero attached hydrogens (tertiary/aromatic N) is 2. The lowest BCUT2D eigenvalue weighted by molar-refractivity contribution is -0.927. The molecule has 1 aliphatic heterocycles. The van der Waals surface area contributed by atoms with Crippen LogP contribution in [0.25, 0.3) is 22.2 Å². The Labute approximate surface area is 215 Å². The van der Waals surface area contributed by atoms with Crippen LogP contribution in [0.1, 0.15) is 48.0 Å². The fourth-order valence-corrected chi connectivity index (χ4v) is 6.52. The molecule has 0 amide bonds. The summed E-state index contributed by atoms with van der Waals surface area (Å²) in [7, 11) is 0. The van der Waals surface area contributed by atoms with Gasteiger partial charge in [0.15, 0.2) is 11.5 Å². The van der Waals surface area contributed by atoms with Crippen molar-refractivity contribution in [2.75, 3.05) is 36.4 Å². The zero-order chi connectivity index (χ0) is 24.9. The number of anilines is 3. The van der Waals surface area contributed by atoms with Crippen LogP contribution in [-0.4, -0.2) is 43.2 Å². The molecule has 0 atom stereocenters. The molecule has 0 bridgehead atoms. The standard InChI is InChI=1S/C30H29FN4O2/c31-19-10-12-20(13-11-19)32-24-18-25(35-16-14-34(15-17-35)21-6-2-1-3-7-21)28-27-26(24)29(36)22-8-4-5-9-23(22)30(27)37-33-28/h4-5,8-13,18,21,32H,1-3,6-7,14-17H2/p+1. The molecule has 0 unspecified atom stereocenters. The molecule has 1 saturated carbocycles. The van der Waals surface area contributed by atoms with E-state index in [4.69, 9.17) is 4.52 Å². The average molecular weight is 498 g/mol. The van der Waals surface area contributed by atoms with Gasteiger partial charge in [0.2, 0.25) is 0 Å². The van der Waals surface area contributed by atoms with Gasteiger partial charge in [-0.25, -0.2) is 4.39 Å². The van der Waals surface area contributed by atoms with Gasteiger partial charge in [-0.3, -0.25) is 4.79 Å². The van der Waals surface area contributed by atoms with Gasteiger partial charge in [0.05, 0.1) is 54.5 Å². The highest BCUT2D eigenvalue weighted by Gasteiger charge is 2.35. The largest absolute Gasteiger partial charge is 0.358 e. The molecule has 37 heavy (non-hydrogen) atoms. The molecule has 7 heteroatoms. The minimum Gasteiger partial charge on any atom is -0.358 e. The minimum absolute atomic E-state index is 0.0565. The summed E-state index contributed by atoms with van der Waals surface area (Å²) in [6, 6.07) is 16.6. The Bertz CT molecular complexity index is 1480. The summed E-state index contributed by atoms with van der Waals surface area (Å²) in [4.78, 5) is 17.9. The third kappa shape index (κ3) is 3.80. The number of benzene rings is 3. The second kappa shape index (κ2) is 8.99. The number of carbonyl (C=O) groups excluding carboxylic acids is 1. The van der Waals surface area contributed by atoms with Gasteiger partial charge in [0, 0.05) is 16.8 Å². The fraction of sp³-hybridized carbons (Fsp3) is 0.333. The molecular weight excluding hydrogens is 467 g/mol. The Kier molecular flexibility index (Phi) is 5.47. The molecule has 2 aliphatic carbocycles. The monoisotopic (exact) mass is 497 g/mol. The number of fused-ring (bicyclic) bond motifs is 2. The van der Waals surface area contributed by atoms with Crippen molar-refractivity contribution in [2.45, 2.75) is 38.1 Å². The van der Waals surface area contributed by atoms with Gasteiger partial charge in [-0.2, -0.15) is 0 Å². The van der Waals surface area contributed by atoms with Crippen LogP contribution in [0.5, 0.6) is 0 Å². The van der Waals surface area contributed by atoms with Gasteiger partial charge in [-0.05, 0) is 56.0 Å². The van der Waals surface area contributed by atoms with Gasteiger partial charge in [0.1, 0.15) is 11.3 Å². The van der Waals surface area contributed by atoms with Gasteiger partial charge in [-0.1, -0.05) is 35.8 Å². The highest BCUT2D eigenvalue weighted by atomic mass is 19.1. The first-order chi connectivity index (χ1) is 18.2. The van der Waals surface area contributed by atoms with E-state index in [1.807, 2.05) is 30.3 Å². The quantitative estimate of drug-likeness (QED) is 0.368. The zero-order valence-electron chi connectivity index (χ0n) is 20.7. The fourth-order valence-electron chi connectivity index (χ4n) is 6.52. The first-order valence-corrected chi connectivity index (χ1v) is 13.4. The molecule has 1 aromatic heterocycles. The van der Waals surface area contributed by atoms with E-state index in [2.05, 4.69) is 15.4 Å². The van der Waals surface area contributed by atoms with Crippen LogP contribution in [0, 0.1) is 5.82 Å². The number of hydrogen-bond acceptors (Lipinski definition) is 5. The Hall–Kier alpha value is -3.71. The molecule has 3 aromatic carbocycles. The number of piperazine rings is 1. The molecule has 7 rings (SSSR count). The van der Waals surface area contributed by atoms with Crippen LogP contribution in [0.15, 0.2) is 59.1 Å². The summed E-state index contributed by atoms with van der Waals surface area (Å²) in [5, 5.41) is 8.68. The van der Waals surface area contributed by atoms with Crippen molar-refractivity contribution in [3.63, 3.8) is 0 Å². The van der Waals surface area contributed by atoms with Crippen LogP contribution in [0.4, 0.5) is 21.5 Å². The lowest BCUT2D eigenvalue weighted by Crippen LogP contribution is -3.18. The number of rotatable bonds is 4. The van der Waals surface area contributed by atoms with Gasteiger partial charge in [0.25, 0.3) is 0 Å². The molecule has 4 aromatic rings. The SMILES string of the molecule is O=C1c2ccccc2-c2onc3c(N4CC[NH+](C5CCCCC5)CC4)cc(Nc4ccc(F)cc4)c1c23. The number of nitrogens with one attached hydrogen (secondary N) is 2. The third-order valence-corrected chi connectivity index (χ3v) is 8.43. The number of hydrogen-bond donors (Lipinski definition) is 2. The number of carbonyl (C=O) groups is 1. The van der Waals surface area contributed by atoms with Crippen molar-refractivity contribution in [3.8, 4) is 11.3 Å². The van der Waals surface area contributed by atoms with E-state index in [0.29, 0.717) is 22.6 Å². The smallest absolute Gasteiger partial charge is 0.196 e. The Morgan fingerprint density at radius 3 is 2.46 bits per heavy atom. The number of halogens is 1. The van der Waals surface area contributed by atoms with Gasteiger partial charge < -0.3 is 19.6 Å². The molecule has 188 valence electrons. The molecule has 2 heterocycles. The van der Waals surface area contributed by atoms with E-state index >= 15 is 0 Å². The van der Waals surface area contributed by atoms with E-state index in [1.165, 1.54) is 44.2 Å². The maximum absolute atomic E-state index is 13.8. The van der Waals surface area contributed by atoms with E-state index in [1.54, 1.807) is 17.0 Å². The predicted octanol–water partition coefficient (Wildman–Crippen LogP) is 4.96. The lowest BCUT2D eigenvalue weighted by Gasteiger charge is -2.39. The number of aromatic nitrogens is 1. The topological polar surface area (TPSA) is 62.8 Å². The highest BCUT2D eigenvalue weighted by Crippen LogP contribution is 2.46. The second-order valence-electron chi connectivity index (χ2n) is 10.5. The van der Waals surface area contributed by atoms with Crippen LogP contribution < -0.4 is 15.1 Å². The van der Waals surface area contributed by atoms with Crippen LogP contribution in [-0.2, 0) is 0 Å². The molecular formula is C30H30FN4O2+. The summed E-state index contributed by atoms with van der Waals surface area (Å²) in [6.45, 7) is 4.06. The first-order valence-electron chi connectivity index (χ1n) is 13.4. The van der Waals surface area contributed by atoms with E-state index < -0.39 is 0 Å². The van der Waals surface area contributed by atoms with Gasteiger partial charge in [-0.15, -0.1) is 0 Å². The summed E-state index contributed by atoms with van der Waals surface area (Å²) in [6.07, 6.45) is 6.77. The minimum atomic E-state index is -0.298. The van der Waals surface area contributed by atoms with Crippen molar-refractivity contribution in [1.82, 2.24) is 5.16 Å². The average Bonchev–Trinajstić information content (AvgIpc) is 3.39. The van der Waals surface area contributed by atoms with E-state index in [0.717, 1.165) is 60.1 Å². The van der Waals surface area contributed by atoms with Crippen molar-refractivity contribution < 1.29 is 18.6 Å². The Morgan fingerprint density at radius 1 is 0.973 bits per heavy atom.